The van der Waals surface area contributed by atoms with E-state index in [4.69, 9.17) is 9.72 Å². The number of benzene rings is 2. The Kier molecular flexibility index (Phi) is 4.32. The number of hydrogen-bond acceptors (Lipinski definition) is 2. The molecule has 0 saturated heterocycles. The molecule has 4 rings (SSSR count). The largest absolute Gasteiger partial charge is 0.493 e. The van der Waals surface area contributed by atoms with Gasteiger partial charge in [-0.3, -0.25) is 0 Å². The lowest BCUT2D eigenvalue weighted by Gasteiger charge is -2.11. The molecule has 1 aromatic heterocycles. The van der Waals surface area contributed by atoms with Crippen molar-refractivity contribution in [2.75, 3.05) is 6.61 Å². The predicted molar refractivity (Wildman–Crippen MR) is 96.2 cm³/mol. The molecule has 0 bridgehead atoms. The molecule has 3 heteroatoms. The van der Waals surface area contributed by atoms with Gasteiger partial charge in [-0.1, -0.05) is 42.5 Å². The first-order valence-electron chi connectivity index (χ1n) is 8.72. The number of para-hydroxylation sites is 1. The molecule has 24 heavy (non-hydrogen) atoms. The van der Waals surface area contributed by atoms with E-state index < -0.39 is 0 Å². The van der Waals surface area contributed by atoms with Crippen LogP contribution in [0.4, 0.5) is 0 Å². The summed E-state index contributed by atoms with van der Waals surface area (Å²) in [5.74, 6) is 2.12. The number of hydrogen-bond donors (Lipinski definition) is 0. The zero-order chi connectivity index (χ0) is 16.2. The zero-order valence-electron chi connectivity index (χ0n) is 13.8. The van der Waals surface area contributed by atoms with Crippen molar-refractivity contribution < 1.29 is 4.74 Å². The first kappa shape index (κ1) is 15.0. The number of nitrogens with zero attached hydrogens (tertiary/aromatic N) is 2. The Hall–Kier alpha value is -2.55. The van der Waals surface area contributed by atoms with Crippen LogP contribution in [-0.2, 0) is 19.4 Å². The number of rotatable bonds is 5. The maximum absolute atomic E-state index is 6.08. The van der Waals surface area contributed by atoms with Crippen LogP contribution >= 0.6 is 0 Å². The summed E-state index contributed by atoms with van der Waals surface area (Å²) in [6.07, 6.45) is 6.66. The van der Waals surface area contributed by atoms with Gasteiger partial charge in [0.2, 0.25) is 0 Å². The van der Waals surface area contributed by atoms with Crippen LogP contribution in [-0.4, -0.2) is 16.2 Å². The van der Waals surface area contributed by atoms with E-state index in [2.05, 4.69) is 47.2 Å². The van der Waals surface area contributed by atoms with Gasteiger partial charge in [0.05, 0.1) is 12.3 Å². The molecule has 0 saturated carbocycles. The van der Waals surface area contributed by atoms with Crippen LogP contribution < -0.4 is 4.74 Å². The average Bonchev–Trinajstić information content (AvgIpc) is 3.07. The van der Waals surface area contributed by atoms with Gasteiger partial charge in [-0.15, -0.1) is 0 Å². The van der Waals surface area contributed by atoms with Crippen LogP contribution in [0.1, 0.15) is 24.2 Å². The summed E-state index contributed by atoms with van der Waals surface area (Å²) in [6.45, 7) is 1.76. The standard InChI is InChI=1S/C21H22N2O/c1-2-8-17(9-3-1)13-15-24-20-11-5-4-10-18(20)19-16-23-14-7-6-12-21(23)22-19/h1-5,8-11,16H,6-7,12-15H2. The summed E-state index contributed by atoms with van der Waals surface area (Å²) in [6, 6.07) is 18.7. The average molecular weight is 318 g/mol. The van der Waals surface area contributed by atoms with Crippen molar-refractivity contribution in [1.29, 1.82) is 0 Å². The lowest BCUT2D eigenvalue weighted by Crippen LogP contribution is -2.08. The summed E-state index contributed by atoms with van der Waals surface area (Å²) in [5, 5.41) is 0. The third kappa shape index (κ3) is 3.21. The Labute approximate surface area is 142 Å². The topological polar surface area (TPSA) is 27.1 Å². The zero-order valence-corrected chi connectivity index (χ0v) is 13.8. The molecular weight excluding hydrogens is 296 g/mol. The van der Waals surface area contributed by atoms with Gasteiger partial charge in [0, 0.05) is 31.1 Å². The molecule has 0 radical (unpaired) electrons. The second-order valence-corrected chi connectivity index (χ2v) is 6.27. The lowest BCUT2D eigenvalue weighted by molar-refractivity contribution is 0.323. The van der Waals surface area contributed by atoms with Crippen LogP contribution in [0.15, 0.2) is 60.8 Å². The Morgan fingerprint density at radius 2 is 1.79 bits per heavy atom. The smallest absolute Gasteiger partial charge is 0.128 e. The van der Waals surface area contributed by atoms with Gasteiger partial charge in [0.1, 0.15) is 11.6 Å². The fraction of sp³-hybridized carbons (Fsp3) is 0.286. The Balaban J connectivity index is 1.51. The monoisotopic (exact) mass is 318 g/mol. The number of aromatic nitrogens is 2. The molecule has 3 nitrogen and oxygen atoms in total. The van der Waals surface area contributed by atoms with E-state index in [1.165, 1.54) is 24.2 Å². The highest BCUT2D eigenvalue weighted by atomic mass is 16.5. The molecule has 122 valence electrons. The highest BCUT2D eigenvalue weighted by Gasteiger charge is 2.15. The minimum absolute atomic E-state index is 0.675. The van der Waals surface area contributed by atoms with E-state index in [0.717, 1.165) is 36.4 Å². The second-order valence-electron chi connectivity index (χ2n) is 6.27. The van der Waals surface area contributed by atoms with Gasteiger partial charge in [-0.05, 0) is 30.5 Å². The molecule has 0 aliphatic carbocycles. The summed E-state index contributed by atoms with van der Waals surface area (Å²) >= 11 is 0. The summed E-state index contributed by atoms with van der Waals surface area (Å²) in [5.41, 5.74) is 3.42. The second kappa shape index (κ2) is 6.91. The molecule has 0 atom stereocenters. The van der Waals surface area contributed by atoms with Gasteiger partial charge in [-0.2, -0.15) is 0 Å². The van der Waals surface area contributed by atoms with Crippen molar-refractivity contribution in [3.63, 3.8) is 0 Å². The van der Waals surface area contributed by atoms with E-state index in [1.54, 1.807) is 0 Å². The van der Waals surface area contributed by atoms with Crippen LogP contribution in [0.3, 0.4) is 0 Å². The van der Waals surface area contributed by atoms with Crippen LogP contribution in [0.2, 0.25) is 0 Å². The van der Waals surface area contributed by atoms with Crippen molar-refractivity contribution >= 4 is 0 Å². The van der Waals surface area contributed by atoms with E-state index in [9.17, 15) is 0 Å². The van der Waals surface area contributed by atoms with Crippen molar-refractivity contribution in [3.05, 3.63) is 72.2 Å². The number of aryl methyl sites for hydroxylation is 2. The molecule has 2 heterocycles. The van der Waals surface area contributed by atoms with Gasteiger partial charge in [0.15, 0.2) is 0 Å². The van der Waals surface area contributed by atoms with Crippen molar-refractivity contribution in [2.24, 2.45) is 0 Å². The minimum atomic E-state index is 0.675. The number of imidazole rings is 1. The fourth-order valence-corrected chi connectivity index (χ4v) is 3.27. The molecule has 3 aromatic rings. The summed E-state index contributed by atoms with van der Waals surface area (Å²) < 4.78 is 8.37. The predicted octanol–water partition coefficient (Wildman–Crippen LogP) is 4.51. The highest BCUT2D eigenvalue weighted by Crippen LogP contribution is 2.30. The van der Waals surface area contributed by atoms with Crippen molar-refractivity contribution in [3.8, 4) is 17.0 Å². The van der Waals surface area contributed by atoms with Gasteiger partial charge < -0.3 is 9.30 Å². The molecule has 0 spiro atoms. The minimum Gasteiger partial charge on any atom is -0.493 e. The van der Waals surface area contributed by atoms with E-state index in [-0.39, 0.29) is 0 Å². The Bertz CT molecular complexity index is 784. The third-order valence-corrected chi connectivity index (χ3v) is 4.56. The van der Waals surface area contributed by atoms with Crippen LogP contribution in [0.5, 0.6) is 5.75 Å². The van der Waals surface area contributed by atoms with Crippen molar-refractivity contribution in [1.82, 2.24) is 9.55 Å². The van der Waals surface area contributed by atoms with Crippen molar-refractivity contribution in [2.45, 2.75) is 32.2 Å². The molecular formula is C21H22N2O. The van der Waals surface area contributed by atoms with E-state index in [1.807, 2.05) is 18.2 Å². The molecule has 0 fully saturated rings. The Morgan fingerprint density at radius 1 is 0.958 bits per heavy atom. The normalized spacial score (nSPS) is 13.5. The third-order valence-electron chi connectivity index (χ3n) is 4.56. The van der Waals surface area contributed by atoms with Crippen LogP contribution in [0, 0.1) is 0 Å². The van der Waals surface area contributed by atoms with Gasteiger partial charge in [-0.25, -0.2) is 4.98 Å². The molecule has 1 aliphatic rings. The first-order valence-corrected chi connectivity index (χ1v) is 8.72. The lowest BCUT2D eigenvalue weighted by atomic mass is 10.1. The Morgan fingerprint density at radius 3 is 2.67 bits per heavy atom. The molecule has 0 unspecified atom stereocenters. The van der Waals surface area contributed by atoms with Gasteiger partial charge in [0.25, 0.3) is 0 Å². The summed E-state index contributed by atoms with van der Waals surface area (Å²) in [7, 11) is 0. The highest BCUT2D eigenvalue weighted by molar-refractivity contribution is 5.66. The van der Waals surface area contributed by atoms with E-state index >= 15 is 0 Å². The number of ether oxygens (including phenoxy) is 1. The van der Waals surface area contributed by atoms with Crippen LogP contribution in [0.25, 0.3) is 11.3 Å². The number of fused-ring (bicyclic) bond motifs is 1. The van der Waals surface area contributed by atoms with Gasteiger partial charge >= 0.3 is 0 Å². The molecule has 0 amide bonds. The molecule has 1 aliphatic heterocycles. The quantitative estimate of drug-likeness (QED) is 0.692. The SMILES string of the molecule is c1ccc(CCOc2ccccc2-c2cn3c(n2)CCCC3)cc1. The maximum atomic E-state index is 6.08. The van der Waals surface area contributed by atoms with E-state index in [0.29, 0.717) is 6.61 Å². The molecule has 0 N–H and O–H groups in total. The first-order chi connectivity index (χ1) is 11.9. The fourth-order valence-electron chi connectivity index (χ4n) is 3.27. The maximum Gasteiger partial charge on any atom is 0.128 e. The summed E-state index contributed by atoms with van der Waals surface area (Å²) in [4.78, 5) is 4.83. The molecule has 2 aromatic carbocycles.